The summed E-state index contributed by atoms with van der Waals surface area (Å²) in [6.45, 7) is 6.69. The maximum atomic E-state index is 11.9. The third-order valence-corrected chi connectivity index (χ3v) is 4.74. The van der Waals surface area contributed by atoms with Crippen molar-refractivity contribution in [2.24, 2.45) is 0 Å². The van der Waals surface area contributed by atoms with E-state index in [0.29, 0.717) is 23.0 Å². The molecule has 1 aromatic heterocycles. The van der Waals surface area contributed by atoms with Crippen LogP contribution >= 0.6 is 24.0 Å². The Bertz CT molecular complexity index is 712. The highest BCUT2D eigenvalue weighted by molar-refractivity contribution is 8.23. The van der Waals surface area contributed by atoms with Gasteiger partial charge in [0.1, 0.15) is 10.1 Å². The van der Waals surface area contributed by atoms with Gasteiger partial charge in [0.15, 0.2) is 0 Å². The Kier molecular flexibility index (Phi) is 5.36. The average Bonchev–Trinajstić information content (AvgIpc) is 2.45. The van der Waals surface area contributed by atoms with Gasteiger partial charge in [-0.3, -0.25) is 4.79 Å². The van der Waals surface area contributed by atoms with Crippen molar-refractivity contribution in [1.82, 2.24) is 15.3 Å². The molecule has 6 heteroatoms. The highest BCUT2D eigenvalue weighted by Gasteiger charge is 2.06. The van der Waals surface area contributed by atoms with Gasteiger partial charge in [0.25, 0.3) is 5.56 Å². The molecule has 0 bridgehead atoms. The summed E-state index contributed by atoms with van der Waals surface area (Å²) in [5.74, 6) is 0.629. The summed E-state index contributed by atoms with van der Waals surface area (Å²) >= 11 is 6.97. The predicted octanol–water partition coefficient (Wildman–Crippen LogP) is 3.14. The highest BCUT2D eigenvalue weighted by Crippen LogP contribution is 2.15. The molecule has 0 amide bonds. The lowest BCUT2D eigenvalue weighted by Crippen LogP contribution is -2.20. The summed E-state index contributed by atoms with van der Waals surface area (Å²) in [5.41, 5.74) is 1.64. The third-order valence-electron chi connectivity index (χ3n) is 3.21. The van der Waals surface area contributed by atoms with Crippen LogP contribution in [0.4, 0.5) is 0 Å². The number of fused-ring (bicyclic) bond motifs is 1. The fourth-order valence-electron chi connectivity index (χ4n) is 1.89. The van der Waals surface area contributed by atoms with Crippen LogP contribution in [-0.2, 0) is 6.54 Å². The fourth-order valence-corrected chi connectivity index (χ4v) is 3.15. The number of aromatic nitrogens is 2. The van der Waals surface area contributed by atoms with E-state index in [0.717, 1.165) is 21.8 Å². The SMILES string of the molecule is CCC(C)SC(=S)NCc1ccc2nc(C)[nH]c(=O)c2c1. The first-order valence-electron chi connectivity index (χ1n) is 6.93. The number of thiocarbonyl (C=S) groups is 1. The Hall–Kier alpha value is -1.40. The number of thioether (sulfide) groups is 1. The molecule has 4 nitrogen and oxygen atoms in total. The topological polar surface area (TPSA) is 57.8 Å². The molecule has 2 aromatic rings. The van der Waals surface area contributed by atoms with Crippen LogP contribution in [-0.4, -0.2) is 19.5 Å². The molecule has 0 radical (unpaired) electrons. The summed E-state index contributed by atoms with van der Waals surface area (Å²) < 4.78 is 0.792. The van der Waals surface area contributed by atoms with E-state index in [9.17, 15) is 4.79 Å². The zero-order valence-corrected chi connectivity index (χ0v) is 14.0. The molecule has 0 fully saturated rings. The smallest absolute Gasteiger partial charge is 0.258 e. The molecule has 1 atom stereocenters. The standard InChI is InChI=1S/C15H19N3OS2/c1-4-9(2)21-15(20)16-8-11-5-6-13-12(7-11)14(19)18-10(3)17-13/h5-7,9H,4,8H2,1-3H3,(H,16,20)(H,17,18,19). The first-order chi connectivity index (χ1) is 9.99. The van der Waals surface area contributed by atoms with E-state index in [1.165, 1.54) is 0 Å². The first-order valence-corrected chi connectivity index (χ1v) is 8.22. The van der Waals surface area contributed by atoms with Crippen LogP contribution in [0, 0.1) is 6.92 Å². The molecule has 1 unspecified atom stereocenters. The van der Waals surface area contributed by atoms with E-state index in [-0.39, 0.29) is 5.56 Å². The minimum Gasteiger partial charge on any atom is -0.367 e. The monoisotopic (exact) mass is 321 g/mol. The van der Waals surface area contributed by atoms with E-state index >= 15 is 0 Å². The minimum atomic E-state index is -0.101. The van der Waals surface area contributed by atoms with Gasteiger partial charge in [-0.05, 0) is 31.0 Å². The molecule has 2 N–H and O–H groups in total. The number of benzene rings is 1. The van der Waals surface area contributed by atoms with E-state index in [4.69, 9.17) is 12.2 Å². The number of H-pyrrole nitrogens is 1. The van der Waals surface area contributed by atoms with Crippen molar-refractivity contribution in [2.75, 3.05) is 0 Å². The maximum absolute atomic E-state index is 11.9. The second-order valence-electron chi connectivity index (χ2n) is 4.98. The van der Waals surface area contributed by atoms with E-state index < -0.39 is 0 Å². The lowest BCUT2D eigenvalue weighted by Gasteiger charge is -2.11. The van der Waals surface area contributed by atoms with Crippen LogP contribution in [0.5, 0.6) is 0 Å². The summed E-state index contributed by atoms with van der Waals surface area (Å²) in [5, 5.41) is 4.34. The molecule has 0 aliphatic heterocycles. The van der Waals surface area contributed by atoms with E-state index in [1.807, 2.05) is 18.2 Å². The van der Waals surface area contributed by atoms with Crippen LogP contribution in [0.3, 0.4) is 0 Å². The van der Waals surface area contributed by atoms with Gasteiger partial charge in [-0.25, -0.2) is 4.98 Å². The number of hydrogen-bond donors (Lipinski definition) is 2. The van der Waals surface area contributed by atoms with Crippen molar-refractivity contribution in [1.29, 1.82) is 0 Å². The van der Waals surface area contributed by atoms with Crippen LogP contribution < -0.4 is 10.9 Å². The summed E-state index contributed by atoms with van der Waals surface area (Å²) in [6.07, 6.45) is 1.09. The number of hydrogen-bond acceptors (Lipinski definition) is 4. The van der Waals surface area contributed by atoms with Crippen LogP contribution in [0.2, 0.25) is 0 Å². The molecular formula is C15H19N3OS2. The van der Waals surface area contributed by atoms with Gasteiger partial charge in [0.2, 0.25) is 0 Å². The Morgan fingerprint density at radius 1 is 1.52 bits per heavy atom. The molecule has 0 aliphatic rings. The van der Waals surface area contributed by atoms with Gasteiger partial charge in [0.05, 0.1) is 10.9 Å². The number of nitrogens with zero attached hydrogens (tertiary/aromatic N) is 1. The largest absolute Gasteiger partial charge is 0.367 e. The van der Waals surface area contributed by atoms with Gasteiger partial charge in [-0.1, -0.05) is 43.9 Å². The second kappa shape index (κ2) is 7.04. The molecule has 0 saturated heterocycles. The molecule has 112 valence electrons. The van der Waals surface area contributed by atoms with Gasteiger partial charge in [-0.15, -0.1) is 0 Å². The average molecular weight is 321 g/mol. The molecule has 0 spiro atoms. The van der Waals surface area contributed by atoms with Gasteiger partial charge in [0, 0.05) is 11.8 Å². The molecule has 1 aromatic carbocycles. The van der Waals surface area contributed by atoms with Crippen molar-refractivity contribution in [3.63, 3.8) is 0 Å². The maximum Gasteiger partial charge on any atom is 0.258 e. The van der Waals surface area contributed by atoms with Crippen LogP contribution in [0.25, 0.3) is 10.9 Å². The quantitative estimate of drug-likeness (QED) is 0.847. The fraction of sp³-hybridized carbons (Fsp3) is 0.400. The molecule has 0 saturated carbocycles. The molecule has 0 aliphatic carbocycles. The highest BCUT2D eigenvalue weighted by atomic mass is 32.2. The summed E-state index contributed by atoms with van der Waals surface area (Å²) in [4.78, 5) is 19.0. The van der Waals surface area contributed by atoms with E-state index in [1.54, 1.807) is 18.7 Å². The number of nitrogens with one attached hydrogen (secondary N) is 2. The second-order valence-corrected chi connectivity index (χ2v) is 7.10. The van der Waals surface area contributed by atoms with Gasteiger partial charge >= 0.3 is 0 Å². The van der Waals surface area contributed by atoms with Gasteiger partial charge < -0.3 is 10.3 Å². The molecule has 1 heterocycles. The predicted molar refractivity (Wildman–Crippen MR) is 93.9 cm³/mol. The zero-order valence-electron chi connectivity index (χ0n) is 12.4. The Labute approximate surface area is 133 Å². The van der Waals surface area contributed by atoms with Crippen LogP contribution in [0.1, 0.15) is 31.7 Å². The number of aromatic amines is 1. The van der Waals surface area contributed by atoms with Gasteiger partial charge in [-0.2, -0.15) is 0 Å². The molecular weight excluding hydrogens is 302 g/mol. The van der Waals surface area contributed by atoms with Crippen molar-refractivity contribution in [2.45, 2.75) is 39.0 Å². The Balaban J connectivity index is 2.10. The minimum absolute atomic E-state index is 0.101. The Morgan fingerprint density at radius 2 is 2.29 bits per heavy atom. The van der Waals surface area contributed by atoms with Crippen molar-refractivity contribution >= 4 is 39.2 Å². The van der Waals surface area contributed by atoms with Crippen molar-refractivity contribution in [3.8, 4) is 0 Å². The molecule has 21 heavy (non-hydrogen) atoms. The lowest BCUT2D eigenvalue weighted by molar-refractivity contribution is 0.905. The van der Waals surface area contributed by atoms with Crippen molar-refractivity contribution < 1.29 is 0 Å². The summed E-state index contributed by atoms with van der Waals surface area (Å²) in [6, 6.07) is 5.71. The first kappa shape index (κ1) is 16.0. The zero-order chi connectivity index (χ0) is 15.4. The normalized spacial score (nSPS) is 12.3. The lowest BCUT2D eigenvalue weighted by atomic mass is 10.1. The van der Waals surface area contributed by atoms with Crippen molar-refractivity contribution in [3.05, 3.63) is 39.9 Å². The number of rotatable bonds is 4. The Morgan fingerprint density at radius 3 is 3.00 bits per heavy atom. The van der Waals surface area contributed by atoms with E-state index in [2.05, 4.69) is 29.1 Å². The van der Waals surface area contributed by atoms with Crippen LogP contribution in [0.15, 0.2) is 23.0 Å². The summed E-state index contributed by atoms with van der Waals surface area (Å²) in [7, 11) is 0. The molecule has 2 rings (SSSR count). The number of aryl methyl sites for hydroxylation is 1. The third kappa shape index (κ3) is 4.28.